The Morgan fingerprint density at radius 2 is 2.35 bits per heavy atom. The molecule has 2 heterocycles. The minimum Gasteiger partial charge on any atom is -0.311 e. The van der Waals surface area contributed by atoms with E-state index < -0.39 is 0 Å². The molecule has 2 atom stereocenters. The van der Waals surface area contributed by atoms with E-state index in [1.165, 1.54) is 12.8 Å². The first-order valence-electron chi connectivity index (χ1n) is 6.57. The summed E-state index contributed by atoms with van der Waals surface area (Å²) < 4.78 is 0. The number of aromatic nitrogens is 2. The summed E-state index contributed by atoms with van der Waals surface area (Å²) in [5.41, 5.74) is 1.08. The zero-order valence-electron chi connectivity index (χ0n) is 10.3. The molecule has 0 radical (unpaired) electrons. The van der Waals surface area contributed by atoms with Crippen LogP contribution in [-0.2, 0) is 6.54 Å². The normalized spacial score (nSPS) is 30.4. The Morgan fingerprint density at radius 3 is 3.06 bits per heavy atom. The van der Waals surface area contributed by atoms with E-state index in [1.807, 2.05) is 6.07 Å². The molecule has 0 spiro atoms. The van der Waals surface area contributed by atoms with Gasteiger partial charge in [0.15, 0.2) is 0 Å². The van der Waals surface area contributed by atoms with Gasteiger partial charge in [0.2, 0.25) is 0 Å². The van der Waals surface area contributed by atoms with Crippen molar-refractivity contribution < 1.29 is 0 Å². The maximum absolute atomic E-state index is 4.18. The van der Waals surface area contributed by atoms with Gasteiger partial charge < -0.3 is 5.32 Å². The molecule has 0 amide bonds. The Kier molecular flexibility index (Phi) is 3.07. The molecular weight excluding hydrogens is 212 g/mol. The summed E-state index contributed by atoms with van der Waals surface area (Å²) in [6.45, 7) is 5.47. The van der Waals surface area contributed by atoms with Crippen LogP contribution in [0.3, 0.4) is 0 Å². The number of nitrogens with one attached hydrogen (secondary N) is 1. The van der Waals surface area contributed by atoms with Gasteiger partial charge in [0.1, 0.15) is 0 Å². The summed E-state index contributed by atoms with van der Waals surface area (Å²) >= 11 is 0. The molecule has 3 rings (SSSR count). The van der Waals surface area contributed by atoms with E-state index in [4.69, 9.17) is 0 Å². The highest BCUT2D eigenvalue weighted by Gasteiger charge is 2.35. The lowest BCUT2D eigenvalue weighted by atomic mass is 10.1. The Morgan fingerprint density at radius 1 is 1.47 bits per heavy atom. The zero-order chi connectivity index (χ0) is 11.7. The molecule has 0 bridgehead atoms. The van der Waals surface area contributed by atoms with Gasteiger partial charge >= 0.3 is 0 Å². The van der Waals surface area contributed by atoms with Crippen molar-refractivity contribution in [2.24, 2.45) is 5.92 Å². The van der Waals surface area contributed by atoms with E-state index in [9.17, 15) is 0 Å². The molecule has 1 N–H and O–H groups in total. The highest BCUT2D eigenvalue weighted by molar-refractivity contribution is 5.01. The highest BCUT2D eigenvalue weighted by atomic mass is 15.2. The first-order chi connectivity index (χ1) is 8.33. The van der Waals surface area contributed by atoms with Crippen molar-refractivity contribution in [3.63, 3.8) is 0 Å². The fourth-order valence-electron chi connectivity index (χ4n) is 2.61. The van der Waals surface area contributed by atoms with Gasteiger partial charge in [-0.15, -0.1) is 0 Å². The van der Waals surface area contributed by atoms with Crippen LogP contribution < -0.4 is 5.32 Å². The van der Waals surface area contributed by atoms with Gasteiger partial charge in [0, 0.05) is 37.9 Å². The molecule has 4 nitrogen and oxygen atoms in total. The number of hydrogen-bond donors (Lipinski definition) is 1. The Bertz CT molecular complexity index is 363. The second kappa shape index (κ2) is 4.70. The topological polar surface area (TPSA) is 41.0 Å². The van der Waals surface area contributed by atoms with Crippen LogP contribution >= 0.6 is 0 Å². The van der Waals surface area contributed by atoms with Crippen molar-refractivity contribution in [2.45, 2.75) is 38.4 Å². The molecule has 92 valence electrons. The average Bonchev–Trinajstić information content (AvgIpc) is 3.17. The fourth-order valence-corrected chi connectivity index (χ4v) is 2.61. The van der Waals surface area contributed by atoms with E-state index in [0.29, 0.717) is 12.1 Å². The standard InChI is InChI=1S/C13H20N4/c1-10-7-14-13(11-4-5-11)9-17(10)8-12-3-2-6-15-16-12/h2-3,6,10-11,13-14H,4-5,7-9H2,1H3. The Labute approximate surface area is 102 Å². The molecule has 0 aromatic carbocycles. The predicted octanol–water partition coefficient (Wildman–Crippen LogP) is 1.05. The van der Waals surface area contributed by atoms with Gasteiger partial charge in [-0.2, -0.15) is 10.2 Å². The molecule has 4 heteroatoms. The minimum absolute atomic E-state index is 0.590. The van der Waals surface area contributed by atoms with Crippen LogP contribution in [0.25, 0.3) is 0 Å². The van der Waals surface area contributed by atoms with Crippen LogP contribution in [0.15, 0.2) is 18.3 Å². The molecule has 1 aromatic rings. The average molecular weight is 232 g/mol. The van der Waals surface area contributed by atoms with Crippen LogP contribution in [0.1, 0.15) is 25.5 Å². The number of rotatable bonds is 3. The predicted molar refractivity (Wildman–Crippen MR) is 66.4 cm³/mol. The Balaban J connectivity index is 1.64. The second-order valence-electron chi connectivity index (χ2n) is 5.35. The summed E-state index contributed by atoms with van der Waals surface area (Å²) in [6.07, 6.45) is 4.55. The third-order valence-electron chi connectivity index (χ3n) is 3.91. The molecule has 1 saturated carbocycles. The van der Waals surface area contributed by atoms with Crippen molar-refractivity contribution >= 4 is 0 Å². The van der Waals surface area contributed by atoms with Gasteiger partial charge in [-0.1, -0.05) is 0 Å². The van der Waals surface area contributed by atoms with Crippen molar-refractivity contribution in [1.29, 1.82) is 0 Å². The van der Waals surface area contributed by atoms with E-state index >= 15 is 0 Å². The van der Waals surface area contributed by atoms with Gasteiger partial charge in [-0.05, 0) is 37.8 Å². The van der Waals surface area contributed by atoms with E-state index in [1.54, 1.807) is 6.20 Å². The number of hydrogen-bond acceptors (Lipinski definition) is 4. The highest BCUT2D eigenvalue weighted by Crippen LogP contribution is 2.34. The van der Waals surface area contributed by atoms with Crippen LogP contribution in [0, 0.1) is 5.92 Å². The van der Waals surface area contributed by atoms with Crippen LogP contribution in [0.5, 0.6) is 0 Å². The molecule has 1 aromatic heterocycles. The molecule has 2 unspecified atom stereocenters. The SMILES string of the molecule is CC1CNC(C2CC2)CN1Cc1cccnn1. The summed E-state index contributed by atoms with van der Waals surface area (Å²) in [6, 6.07) is 5.32. The maximum Gasteiger partial charge on any atom is 0.0771 e. The van der Waals surface area contributed by atoms with Crippen molar-refractivity contribution in [1.82, 2.24) is 20.4 Å². The number of piperazine rings is 1. The lowest BCUT2D eigenvalue weighted by Crippen LogP contribution is -2.55. The molecule has 1 aliphatic heterocycles. The maximum atomic E-state index is 4.18. The lowest BCUT2D eigenvalue weighted by molar-refractivity contribution is 0.123. The molecule has 1 aliphatic carbocycles. The first-order valence-corrected chi connectivity index (χ1v) is 6.57. The van der Waals surface area contributed by atoms with Crippen LogP contribution in [0.4, 0.5) is 0 Å². The second-order valence-corrected chi connectivity index (χ2v) is 5.35. The first kappa shape index (κ1) is 11.1. The van der Waals surface area contributed by atoms with Gasteiger partial charge in [0.25, 0.3) is 0 Å². The molecule has 2 fully saturated rings. The third-order valence-corrected chi connectivity index (χ3v) is 3.91. The molecule has 17 heavy (non-hydrogen) atoms. The van der Waals surface area contributed by atoms with Gasteiger partial charge in [0.05, 0.1) is 5.69 Å². The quantitative estimate of drug-likeness (QED) is 0.845. The van der Waals surface area contributed by atoms with Crippen LogP contribution in [-0.4, -0.2) is 40.3 Å². The fraction of sp³-hybridized carbons (Fsp3) is 0.692. The largest absolute Gasteiger partial charge is 0.311 e. The summed E-state index contributed by atoms with van der Waals surface area (Å²) in [4.78, 5) is 2.53. The van der Waals surface area contributed by atoms with Gasteiger partial charge in [-0.3, -0.25) is 4.90 Å². The van der Waals surface area contributed by atoms with E-state index in [-0.39, 0.29) is 0 Å². The summed E-state index contributed by atoms with van der Waals surface area (Å²) in [5.74, 6) is 0.923. The lowest BCUT2D eigenvalue weighted by Gasteiger charge is -2.38. The van der Waals surface area contributed by atoms with Crippen molar-refractivity contribution in [3.05, 3.63) is 24.0 Å². The van der Waals surface area contributed by atoms with Crippen molar-refractivity contribution in [3.8, 4) is 0 Å². The molecular formula is C13H20N4. The van der Waals surface area contributed by atoms with E-state index in [0.717, 1.165) is 31.2 Å². The Hall–Kier alpha value is -1.00. The van der Waals surface area contributed by atoms with Crippen molar-refractivity contribution in [2.75, 3.05) is 13.1 Å². The molecule has 2 aliphatic rings. The minimum atomic E-state index is 0.590. The zero-order valence-corrected chi connectivity index (χ0v) is 10.3. The summed E-state index contributed by atoms with van der Waals surface area (Å²) in [7, 11) is 0. The monoisotopic (exact) mass is 232 g/mol. The third kappa shape index (κ3) is 2.64. The summed E-state index contributed by atoms with van der Waals surface area (Å²) in [5, 5.41) is 11.8. The number of nitrogens with zero attached hydrogens (tertiary/aromatic N) is 3. The smallest absolute Gasteiger partial charge is 0.0771 e. The molecule has 1 saturated heterocycles. The van der Waals surface area contributed by atoms with E-state index in [2.05, 4.69) is 33.4 Å². The van der Waals surface area contributed by atoms with Crippen LogP contribution in [0.2, 0.25) is 0 Å². The van der Waals surface area contributed by atoms with Gasteiger partial charge in [-0.25, -0.2) is 0 Å².